The van der Waals surface area contributed by atoms with Gasteiger partial charge < -0.3 is 10.6 Å². The van der Waals surface area contributed by atoms with E-state index in [1.165, 1.54) is 0 Å². The lowest BCUT2D eigenvalue weighted by Gasteiger charge is -2.38. The quantitative estimate of drug-likeness (QED) is 0.832. The van der Waals surface area contributed by atoms with E-state index in [0.717, 1.165) is 48.4 Å². The van der Waals surface area contributed by atoms with Crippen molar-refractivity contribution in [1.82, 2.24) is 14.7 Å². The first kappa shape index (κ1) is 21.7. The first-order valence-corrected chi connectivity index (χ1v) is 9.62. The van der Waals surface area contributed by atoms with Gasteiger partial charge in [0.15, 0.2) is 0 Å². The second-order valence-corrected chi connectivity index (χ2v) is 7.66. The number of likely N-dealkylation sites (tertiary alicyclic amines) is 1. The van der Waals surface area contributed by atoms with Gasteiger partial charge in [-0.3, -0.25) is 4.79 Å². The third-order valence-corrected chi connectivity index (χ3v) is 5.57. The Kier molecular flexibility index (Phi) is 7.32. The summed E-state index contributed by atoms with van der Waals surface area (Å²) >= 11 is 5.98. The molecule has 5 nitrogen and oxygen atoms in total. The molecule has 2 unspecified atom stereocenters. The van der Waals surface area contributed by atoms with E-state index in [2.05, 4.69) is 5.10 Å². The van der Waals surface area contributed by atoms with Crippen LogP contribution < -0.4 is 5.73 Å². The zero-order chi connectivity index (χ0) is 18.8. The molecule has 1 aromatic carbocycles. The predicted octanol–water partition coefficient (Wildman–Crippen LogP) is 3.84. The van der Waals surface area contributed by atoms with Crippen LogP contribution in [0.2, 0.25) is 5.02 Å². The van der Waals surface area contributed by atoms with Crippen LogP contribution >= 0.6 is 24.0 Å². The molecule has 2 atom stereocenters. The molecule has 2 N–H and O–H groups in total. The van der Waals surface area contributed by atoms with Gasteiger partial charge in [0.2, 0.25) is 5.91 Å². The van der Waals surface area contributed by atoms with Crippen LogP contribution in [0.3, 0.4) is 0 Å². The van der Waals surface area contributed by atoms with Gasteiger partial charge in [-0.15, -0.1) is 12.4 Å². The average Bonchev–Trinajstić information content (AvgIpc) is 2.90. The maximum atomic E-state index is 13.0. The van der Waals surface area contributed by atoms with Crippen LogP contribution in [0.1, 0.15) is 43.1 Å². The maximum Gasteiger partial charge on any atom is 0.227 e. The number of rotatable bonds is 4. The highest BCUT2D eigenvalue weighted by atomic mass is 35.5. The molecular weight excluding hydrogens is 383 g/mol. The Balaban J connectivity index is 0.00000261. The Bertz CT molecular complexity index is 786. The van der Waals surface area contributed by atoms with Crippen molar-refractivity contribution in [3.8, 4) is 5.69 Å². The van der Waals surface area contributed by atoms with E-state index in [4.69, 9.17) is 17.3 Å². The van der Waals surface area contributed by atoms with Gasteiger partial charge in [-0.05, 0) is 64.3 Å². The van der Waals surface area contributed by atoms with Crippen LogP contribution in [0.25, 0.3) is 5.69 Å². The van der Waals surface area contributed by atoms with E-state index in [1.54, 1.807) is 0 Å². The summed E-state index contributed by atoms with van der Waals surface area (Å²) in [5.41, 5.74) is 9.95. The van der Waals surface area contributed by atoms with Crippen LogP contribution in [0.5, 0.6) is 0 Å². The number of benzene rings is 1. The lowest BCUT2D eigenvalue weighted by Crippen LogP contribution is -2.52. The maximum absolute atomic E-state index is 13.0. The van der Waals surface area contributed by atoms with E-state index in [9.17, 15) is 4.79 Å². The molecule has 1 amide bonds. The molecule has 2 heterocycles. The van der Waals surface area contributed by atoms with Gasteiger partial charge in [-0.25, -0.2) is 4.68 Å². The molecule has 1 aliphatic heterocycles. The zero-order valence-corrected chi connectivity index (χ0v) is 17.7. The second-order valence-electron chi connectivity index (χ2n) is 7.22. The van der Waals surface area contributed by atoms with Crippen LogP contribution in [0.4, 0.5) is 0 Å². The van der Waals surface area contributed by atoms with Gasteiger partial charge in [0.05, 0.1) is 17.8 Å². The van der Waals surface area contributed by atoms with Crippen LogP contribution in [-0.2, 0) is 11.2 Å². The fraction of sp³-hybridized carbons (Fsp3) is 0.500. The molecule has 2 aromatic rings. The first-order valence-electron chi connectivity index (χ1n) is 9.24. The molecule has 148 valence electrons. The highest BCUT2D eigenvalue weighted by Crippen LogP contribution is 2.23. The van der Waals surface area contributed by atoms with Crippen molar-refractivity contribution in [2.45, 2.75) is 58.5 Å². The van der Waals surface area contributed by atoms with Crippen LogP contribution in [-0.4, -0.2) is 39.2 Å². The number of halogens is 2. The summed E-state index contributed by atoms with van der Waals surface area (Å²) < 4.78 is 1.88. The molecular formula is C20H28Cl2N4O. The van der Waals surface area contributed by atoms with Crippen molar-refractivity contribution in [3.05, 3.63) is 46.2 Å². The summed E-state index contributed by atoms with van der Waals surface area (Å²) in [6, 6.07) is 7.70. The second kappa shape index (κ2) is 9.09. The topological polar surface area (TPSA) is 64.2 Å². The van der Waals surface area contributed by atoms with Crippen LogP contribution in [0, 0.1) is 13.8 Å². The van der Waals surface area contributed by atoms with Crippen molar-refractivity contribution in [2.75, 3.05) is 6.54 Å². The van der Waals surface area contributed by atoms with Crippen molar-refractivity contribution in [3.63, 3.8) is 0 Å². The number of amides is 1. The minimum absolute atomic E-state index is 0. The molecule has 0 spiro atoms. The SMILES string of the molecule is Cc1nn(-c2ccc(Cl)cc2)c(C)c1CC(=O)N1CCCCC1C(C)N.Cl. The highest BCUT2D eigenvalue weighted by Gasteiger charge is 2.30. The molecule has 3 rings (SSSR count). The van der Waals surface area contributed by atoms with Crippen molar-refractivity contribution >= 4 is 29.9 Å². The Morgan fingerprint density at radius 3 is 2.59 bits per heavy atom. The fourth-order valence-corrected chi connectivity index (χ4v) is 3.96. The standard InChI is InChI=1S/C20H27ClN4O.ClH/c1-13(22)19-6-4-5-11-24(19)20(26)12-18-14(2)23-25(15(18)3)17-9-7-16(21)8-10-17;/h7-10,13,19H,4-6,11-12,22H2,1-3H3;1H. The summed E-state index contributed by atoms with van der Waals surface area (Å²) in [7, 11) is 0. The van der Waals surface area contributed by atoms with Crippen LogP contribution in [0.15, 0.2) is 24.3 Å². The molecule has 1 saturated heterocycles. The molecule has 1 aromatic heterocycles. The number of nitrogens with two attached hydrogens (primary N) is 1. The third kappa shape index (κ3) is 4.65. The summed E-state index contributed by atoms with van der Waals surface area (Å²) in [5, 5.41) is 5.33. The molecule has 7 heteroatoms. The summed E-state index contributed by atoms with van der Waals surface area (Å²) in [6.45, 7) is 6.76. The van der Waals surface area contributed by atoms with Gasteiger partial charge in [0.25, 0.3) is 0 Å². The smallest absolute Gasteiger partial charge is 0.227 e. The number of carbonyl (C=O) groups is 1. The Morgan fingerprint density at radius 1 is 1.30 bits per heavy atom. The monoisotopic (exact) mass is 410 g/mol. The number of hydrogen-bond donors (Lipinski definition) is 1. The Hall–Kier alpha value is -1.56. The van der Waals surface area contributed by atoms with Crippen molar-refractivity contribution in [2.24, 2.45) is 5.73 Å². The molecule has 0 aliphatic carbocycles. The van der Waals surface area contributed by atoms with Gasteiger partial charge in [0, 0.05) is 34.9 Å². The number of aryl methyl sites for hydroxylation is 1. The fourth-order valence-electron chi connectivity index (χ4n) is 3.83. The molecule has 1 fully saturated rings. The Morgan fingerprint density at radius 2 is 1.96 bits per heavy atom. The number of hydrogen-bond acceptors (Lipinski definition) is 3. The molecule has 0 saturated carbocycles. The number of piperidine rings is 1. The zero-order valence-electron chi connectivity index (χ0n) is 16.1. The molecule has 0 radical (unpaired) electrons. The van der Waals surface area contributed by atoms with Gasteiger partial charge in [-0.1, -0.05) is 11.6 Å². The Labute approximate surface area is 172 Å². The third-order valence-electron chi connectivity index (χ3n) is 5.32. The van der Waals surface area contributed by atoms with Gasteiger partial charge >= 0.3 is 0 Å². The largest absolute Gasteiger partial charge is 0.338 e. The van der Waals surface area contributed by atoms with Crippen molar-refractivity contribution in [1.29, 1.82) is 0 Å². The summed E-state index contributed by atoms with van der Waals surface area (Å²) in [6.07, 6.45) is 3.55. The van der Waals surface area contributed by atoms with E-state index >= 15 is 0 Å². The minimum atomic E-state index is -0.00163. The highest BCUT2D eigenvalue weighted by molar-refractivity contribution is 6.30. The average molecular weight is 411 g/mol. The number of aromatic nitrogens is 2. The van der Waals surface area contributed by atoms with Crippen molar-refractivity contribution < 1.29 is 4.79 Å². The number of nitrogens with zero attached hydrogens (tertiary/aromatic N) is 3. The summed E-state index contributed by atoms with van der Waals surface area (Å²) in [4.78, 5) is 15.0. The normalized spacial score (nSPS) is 18.1. The summed E-state index contributed by atoms with van der Waals surface area (Å²) in [5.74, 6) is 0.147. The molecule has 27 heavy (non-hydrogen) atoms. The van der Waals surface area contributed by atoms with Gasteiger partial charge in [0.1, 0.15) is 0 Å². The lowest BCUT2D eigenvalue weighted by molar-refractivity contribution is -0.134. The van der Waals surface area contributed by atoms with E-state index in [-0.39, 0.29) is 30.4 Å². The van der Waals surface area contributed by atoms with E-state index in [0.29, 0.717) is 11.4 Å². The first-order chi connectivity index (χ1) is 12.4. The number of carbonyl (C=O) groups excluding carboxylic acids is 1. The predicted molar refractivity (Wildman–Crippen MR) is 112 cm³/mol. The molecule has 1 aliphatic rings. The minimum Gasteiger partial charge on any atom is -0.338 e. The lowest BCUT2D eigenvalue weighted by atomic mass is 9.96. The van der Waals surface area contributed by atoms with Gasteiger partial charge in [-0.2, -0.15) is 5.10 Å². The van der Waals surface area contributed by atoms with E-state index in [1.807, 2.05) is 54.6 Å². The molecule has 0 bridgehead atoms. The van der Waals surface area contributed by atoms with E-state index < -0.39 is 0 Å².